The standard InChI is InChI=1S/C65H43NS2/c1-3-14-44(15-4-1)47-28-32-52(33-29-47)65(58-23-10-9-22-57(58)63-59(65)40-41-62-64(63)68-61-25-12-11-24-60(61)67-62)53-34-38-55(39-35-53)66(56-21-13-20-50(43-56)45-16-5-2-6-17-45)54-36-30-48(31-37-54)51-27-26-46-18-7-8-19-49(46)42-51/h1-43H. The van der Waals surface area contributed by atoms with Crippen LogP contribution in [0.15, 0.2) is 280 Å². The van der Waals surface area contributed by atoms with Gasteiger partial charge in [0.05, 0.1) is 5.41 Å². The molecule has 1 atom stereocenters. The molecule has 3 heteroatoms. The molecule has 0 saturated carbocycles. The molecule has 320 valence electrons. The first-order valence-corrected chi connectivity index (χ1v) is 24.9. The van der Waals surface area contributed by atoms with Crippen molar-refractivity contribution in [2.45, 2.75) is 25.0 Å². The zero-order valence-corrected chi connectivity index (χ0v) is 38.7. The summed E-state index contributed by atoms with van der Waals surface area (Å²) in [6, 6.07) is 96.3. The Kier molecular flexibility index (Phi) is 10.00. The molecule has 0 fully saturated rings. The number of benzene rings is 11. The van der Waals surface area contributed by atoms with Gasteiger partial charge in [-0.15, -0.1) is 0 Å². The third-order valence-corrected chi connectivity index (χ3v) is 16.4. The van der Waals surface area contributed by atoms with Crippen molar-refractivity contribution in [1.82, 2.24) is 0 Å². The molecule has 0 radical (unpaired) electrons. The Morgan fingerprint density at radius 1 is 0.294 bits per heavy atom. The Morgan fingerprint density at radius 2 is 0.809 bits per heavy atom. The summed E-state index contributed by atoms with van der Waals surface area (Å²) in [6.45, 7) is 0. The zero-order chi connectivity index (χ0) is 45.0. The van der Waals surface area contributed by atoms with Crippen molar-refractivity contribution in [3.05, 3.63) is 283 Å². The van der Waals surface area contributed by atoms with Gasteiger partial charge in [-0.05, 0) is 133 Å². The van der Waals surface area contributed by atoms with E-state index in [4.69, 9.17) is 0 Å². The first kappa shape index (κ1) is 40.5. The van der Waals surface area contributed by atoms with Gasteiger partial charge in [0.1, 0.15) is 0 Å². The fourth-order valence-corrected chi connectivity index (χ4v) is 13.0. The van der Waals surface area contributed by atoms with Crippen molar-refractivity contribution >= 4 is 51.4 Å². The first-order valence-electron chi connectivity index (χ1n) is 23.2. The second-order valence-corrected chi connectivity index (χ2v) is 19.7. The molecule has 11 aromatic carbocycles. The van der Waals surface area contributed by atoms with E-state index in [-0.39, 0.29) is 0 Å². The molecule has 68 heavy (non-hydrogen) atoms. The number of hydrogen-bond donors (Lipinski definition) is 0. The molecule has 0 bridgehead atoms. The molecule has 13 rings (SSSR count). The maximum Gasteiger partial charge on any atom is 0.0714 e. The Morgan fingerprint density at radius 3 is 1.54 bits per heavy atom. The van der Waals surface area contributed by atoms with Gasteiger partial charge in [-0.2, -0.15) is 0 Å². The van der Waals surface area contributed by atoms with Gasteiger partial charge in [0, 0.05) is 42.2 Å². The van der Waals surface area contributed by atoms with Crippen LogP contribution in [0.5, 0.6) is 0 Å². The summed E-state index contributed by atoms with van der Waals surface area (Å²) < 4.78 is 0. The third kappa shape index (κ3) is 6.81. The van der Waals surface area contributed by atoms with Crippen LogP contribution < -0.4 is 4.90 Å². The summed E-state index contributed by atoms with van der Waals surface area (Å²) in [6.07, 6.45) is 0. The molecule has 0 amide bonds. The lowest BCUT2D eigenvalue weighted by Gasteiger charge is -2.35. The Labute approximate surface area is 406 Å². The predicted molar refractivity (Wildman–Crippen MR) is 287 cm³/mol. The highest BCUT2D eigenvalue weighted by Gasteiger charge is 2.47. The molecule has 0 spiro atoms. The highest BCUT2D eigenvalue weighted by Crippen LogP contribution is 2.62. The van der Waals surface area contributed by atoms with Gasteiger partial charge in [0.2, 0.25) is 0 Å². The average molecular weight is 902 g/mol. The molecule has 0 aromatic heterocycles. The minimum Gasteiger partial charge on any atom is -0.310 e. The molecular formula is C65H43NS2. The normalized spacial score (nSPS) is 14.4. The number of anilines is 3. The largest absolute Gasteiger partial charge is 0.310 e. The smallest absolute Gasteiger partial charge is 0.0714 e. The predicted octanol–water partition coefficient (Wildman–Crippen LogP) is 18.3. The quantitative estimate of drug-likeness (QED) is 0.150. The van der Waals surface area contributed by atoms with Gasteiger partial charge in [-0.1, -0.05) is 224 Å². The highest BCUT2D eigenvalue weighted by atomic mass is 32.2. The number of nitrogens with zero attached hydrogens (tertiary/aromatic N) is 1. The van der Waals surface area contributed by atoms with E-state index in [0.717, 1.165) is 17.1 Å². The molecule has 0 N–H and O–H groups in total. The second-order valence-electron chi connectivity index (χ2n) is 17.6. The van der Waals surface area contributed by atoms with E-state index in [0.29, 0.717) is 0 Å². The van der Waals surface area contributed by atoms with Crippen molar-refractivity contribution in [2.24, 2.45) is 0 Å². The van der Waals surface area contributed by atoms with Crippen LogP contribution in [0, 0.1) is 0 Å². The maximum absolute atomic E-state index is 2.42. The lowest BCUT2D eigenvalue weighted by atomic mass is 9.67. The van der Waals surface area contributed by atoms with E-state index in [1.165, 1.54) is 97.1 Å². The molecule has 1 aliphatic carbocycles. The summed E-state index contributed by atoms with van der Waals surface area (Å²) in [4.78, 5) is 7.69. The topological polar surface area (TPSA) is 3.24 Å². The van der Waals surface area contributed by atoms with Crippen LogP contribution in [-0.4, -0.2) is 0 Å². The van der Waals surface area contributed by atoms with Crippen molar-refractivity contribution in [2.75, 3.05) is 4.90 Å². The van der Waals surface area contributed by atoms with E-state index >= 15 is 0 Å². The molecule has 2 aliphatic rings. The third-order valence-electron chi connectivity index (χ3n) is 13.8. The lowest BCUT2D eigenvalue weighted by Crippen LogP contribution is -2.28. The molecule has 11 aromatic rings. The first-order chi connectivity index (χ1) is 33.7. The van der Waals surface area contributed by atoms with Crippen LogP contribution in [-0.2, 0) is 5.41 Å². The van der Waals surface area contributed by atoms with Gasteiger partial charge in [0.15, 0.2) is 0 Å². The molecule has 1 heterocycles. The van der Waals surface area contributed by atoms with E-state index in [2.05, 4.69) is 266 Å². The van der Waals surface area contributed by atoms with Crippen molar-refractivity contribution in [3.8, 4) is 44.5 Å². The molecule has 1 aliphatic heterocycles. The SMILES string of the molecule is c1ccc(-c2ccc(C3(c4ccc(N(c5ccc(-c6ccc7ccccc7c6)cc5)c5cccc(-c6ccccc6)c5)cc4)c4ccccc4-c4c3ccc3c4Sc4ccccc4S3)cc2)cc1. The van der Waals surface area contributed by atoms with Crippen molar-refractivity contribution in [3.63, 3.8) is 0 Å². The van der Waals surface area contributed by atoms with Gasteiger partial charge in [-0.3, -0.25) is 0 Å². The van der Waals surface area contributed by atoms with Crippen molar-refractivity contribution in [1.29, 1.82) is 0 Å². The summed E-state index contributed by atoms with van der Waals surface area (Å²) >= 11 is 3.80. The minimum atomic E-state index is -0.573. The fourth-order valence-electron chi connectivity index (χ4n) is 10.6. The zero-order valence-electron chi connectivity index (χ0n) is 37.1. The highest BCUT2D eigenvalue weighted by molar-refractivity contribution is 8.05. The van der Waals surface area contributed by atoms with E-state index in [9.17, 15) is 0 Å². The van der Waals surface area contributed by atoms with Crippen LogP contribution in [0.2, 0.25) is 0 Å². The van der Waals surface area contributed by atoms with E-state index in [1.54, 1.807) is 0 Å². The van der Waals surface area contributed by atoms with E-state index in [1.807, 2.05) is 23.5 Å². The average Bonchev–Trinajstić information content (AvgIpc) is 3.72. The molecule has 1 nitrogen and oxygen atoms in total. The fraction of sp³-hybridized carbons (Fsp3) is 0.0154. The van der Waals surface area contributed by atoms with Crippen LogP contribution in [0.3, 0.4) is 0 Å². The number of hydrogen-bond acceptors (Lipinski definition) is 3. The monoisotopic (exact) mass is 901 g/mol. The van der Waals surface area contributed by atoms with Crippen molar-refractivity contribution < 1.29 is 0 Å². The Hall–Kier alpha value is -7.82. The minimum absolute atomic E-state index is 0.573. The summed E-state index contributed by atoms with van der Waals surface area (Å²) in [5.41, 5.74) is 17.7. The van der Waals surface area contributed by atoms with Crippen LogP contribution in [0.4, 0.5) is 17.1 Å². The Bertz CT molecular complexity index is 3660. The van der Waals surface area contributed by atoms with Gasteiger partial charge in [-0.25, -0.2) is 0 Å². The van der Waals surface area contributed by atoms with Gasteiger partial charge in [0.25, 0.3) is 0 Å². The Balaban J connectivity index is 0.976. The van der Waals surface area contributed by atoms with Crippen LogP contribution >= 0.6 is 23.5 Å². The summed E-state index contributed by atoms with van der Waals surface area (Å²) in [5, 5.41) is 2.49. The molecule has 0 saturated heterocycles. The van der Waals surface area contributed by atoms with Crippen LogP contribution in [0.1, 0.15) is 22.3 Å². The van der Waals surface area contributed by atoms with Gasteiger partial charge >= 0.3 is 0 Å². The second kappa shape index (κ2) is 16.8. The number of fused-ring (bicyclic) bond motifs is 7. The van der Waals surface area contributed by atoms with E-state index < -0.39 is 5.41 Å². The van der Waals surface area contributed by atoms with Crippen LogP contribution in [0.25, 0.3) is 55.3 Å². The number of rotatable bonds is 8. The summed E-state index contributed by atoms with van der Waals surface area (Å²) in [7, 11) is 0. The lowest BCUT2D eigenvalue weighted by molar-refractivity contribution is 0.766. The molecule has 1 unspecified atom stereocenters. The summed E-state index contributed by atoms with van der Waals surface area (Å²) in [5.74, 6) is 0. The van der Waals surface area contributed by atoms with Gasteiger partial charge < -0.3 is 4.90 Å². The molecular weight excluding hydrogens is 859 g/mol. The maximum atomic E-state index is 2.42.